The third kappa shape index (κ3) is 3.90. The van der Waals surface area contributed by atoms with Crippen LogP contribution >= 0.6 is 28.1 Å². The molecule has 4 nitrogen and oxygen atoms in total. The van der Waals surface area contributed by atoms with Gasteiger partial charge >= 0.3 is 0 Å². The largest absolute Gasteiger partial charge is 0.431 e. The summed E-state index contributed by atoms with van der Waals surface area (Å²) in [6.45, 7) is 1.84. The van der Waals surface area contributed by atoms with Gasteiger partial charge in [0.25, 0.3) is 5.17 Å². The molecule has 0 saturated carbocycles. The topological polar surface area (TPSA) is 55.4 Å². The van der Waals surface area contributed by atoms with Crippen molar-refractivity contribution in [1.29, 1.82) is 0 Å². The number of benzene rings is 1. The van der Waals surface area contributed by atoms with Gasteiger partial charge in [0.15, 0.2) is 9.84 Å². The summed E-state index contributed by atoms with van der Waals surface area (Å²) < 4.78 is 29.3. The van der Waals surface area contributed by atoms with Crippen molar-refractivity contribution in [1.82, 2.24) is 5.32 Å². The second-order valence-corrected chi connectivity index (χ2v) is 8.26. The van der Waals surface area contributed by atoms with Crippen molar-refractivity contribution < 1.29 is 13.2 Å². The fraction of sp³-hybridized carbons (Fsp3) is 0.417. The van der Waals surface area contributed by atoms with Gasteiger partial charge in [-0.05, 0) is 53.6 Å². The lowest BCUT2D eigenvalue weighted by Crippen LogP contribution is -2.48. The molecule has 1 saturated heterocycles. The van der Waals surface area contributed by atoms with Gasteiger partial charge in [-0.1, -0.05) is 12.1 Å². The van der Waals surface area contributed by atoms with Gasteiger partial charge in [-0.15, -0.1) is 0 Å². The van der Waals surface area contributed by atoms with Gasteiger partial charge < -0.3 is 10.1 Å². The Labute approximate surface area is 126 Å². The van der Waals surface area contributed by atoms with E-state index in [0.29, 0.717) is 12.2 Å². The molecule has 1 aromatic rings. The molecule has 1 unspecified atom stereocenters. The maximum absolute atomic E-state index is 11.5. The van der Waals surface area contributed by atoms with Crippen LogP contribution in [0.2, 0.25) is 0 Å². The van der Waals surface area contributed by atoms with Gasteiger partial charge in [-0.25, -0.2) is 8.42 Å². The first-order chi connectivity index (χ1) is 8.80. The van der Waals surface area contributed by atoms with E-state index in [1.807, 2.05) is 25.1 Å². The first-order valence-electron chi connectivity index (χ1n) is 5.75. The summed E-state index contributed by atoms with van der Waals surface area (Å²) >= 11 is 8.49. The number of hydrogen-bond acceptors (Lipinski definition) is 4. The van der Waals surface area contributed by atoms with Crippen molar-refractivity contribution in [3.63, 3.8) is 0 Å². The number of hydrogen-bond donors (Lipinski definition) is 1. The highest BCUT2D eigenvalue weighted by atomic mass is 79.9. The van der Waals surface area contributed by atoms with E-state index in [-0.39, 0.29) is 16.7 Å². The van der Waals surface area contributed by atoms with Gasteiger partial charge in [-0.3, -0.25) is 0 Å². The van der Waals surface area contributed by atoms with Gasteiger partial charge in [0.05, 0.1) is 21.5 Å². The SMILES string of the molecule is CC1(NC(=S)Oc2ccccc2Br)CCS(=O)(=O)C1. The minimum Gasteiger partial charge on any atom is -0.431 e. The molecule has 1 fully saturated rings. The van der Waals surface area contributed by atoms with Crippen LogP contribution in [0.3, 0.4) is 0 Å². The number of sulfone groups is 1. The van der Waals surface area contributed by atoms with Crippen molar-refractivity contribution in [2.24, 2.45) is 0 Å². The number of halogens is 1. The summed E-state index contributed by atoms with van der Waals surface area (Å²) in [5.74, 6) is 0.873. The zero-order valence-corrected chi connectivity index (χ0v) is 13.6. The molecule has 1 aromatic carbocycles. The van der Waals surface area contributed by atoms with Crippen LogP contribution in [0.5, 0.6) is 5.75 Å². The summed E-state index contributed by atoms with van der Waals surface area (Å²) in [6, 6.07) is 7.34. The quantitative estimate of drug-likeness (QED) is 0.816. The lowest BCUT2D eigenvalue weighted by Gasteiger charge is -2.25. The van der Waals surface area contributed by atoms with Crippen LogP contribution in [-0.4, -0.2) is 30.6 Å². The second kappa shape index (κ2) is 5.38. The van der Waals surface area contributed by atoms with Crippen molar-refractivity contribution >= 4 is 43.2 Å². The molecule has 1 N–H and O–H groups in total. The highest BCUT2D eigenvalue weighted by molar-refractivity contribution is 9.10. The number of ether oxygens (including phenoxy) is 1. The summed E-state index contributed by atoms with van der Waals surface area (Å²) in [4.78, 5) is 0. The zero-order valence-electron chi connectivity index (χ0n) is 10.3. The average molecular weight is 364 g/mol. The van der Waals surface area contributed by atoms with Gasteiger partial charge in [0.2, 0.25) is 0 Å². The fourth-order valence-corrected chi connectivity index (χ4v) is 4.80. The molecule has 0 aliphatic carbocycles. The molecule has 0 radical (unpaired) electrons. The molecule has 0 amide bonds. The van der Waals surface area contributed by atoms with Crippen molar-refractivity contribution in [2.45, 2.75) is 18.9 Å². The Balaban J connectivity index is 2.01. The average Bonchev–Trinajstić information content (AvgIpc) is 2.56. The molecule has 1 atom stereocenters. The normalized spacial score (nSPS) is 24.9. The van der Waals surface area contributed by atoms with E-state index >= 15 is 0 Å². The molecular weight excluding hydrogens is 350 g/mol. The molecule has 0 bridgehead atoms. The van der Waals surface area contributed by atoms with E-state index < -0.39 is 15.4 Å². The molecule has 19 heavy (non-hydrogen) atoms. The molecule has 1 aliphatic heterocycles. The first-order valence-corrected chi connectivity index (χ1v) is 8.77. The second-order valence-electron chi connectivity index (χ2n) is 4.85. The molecular formula is C12H14BrNO3S2. The van der Waals surface area contributed by atoms with Crippen LogP contribution in [0, 0.1) is 0 Å². The monoisotopic (exact) mass is 363 g/mol. The van der Waals surface area contributed by atoms with Gasteiger partial charge in [0, 0.05) is 0 Å². The zero-order chi connectivity index (χ0) is 14.1. The Morgan fingerprint density at radius 3 is 2.74 bits per heavy atom. The summed E-state index contributed by atoms with van der Waals surface area (Å²) in [6.07, 6.45) is 0.537. The summed E-state index contributed by atoms with van der Waals surface area (Å²) in [5, 5.41) is 3.18. The highest BCUT2D eigenvalue weighted by Gasteiger charge is 2.39. The van der Waals surface area contributed by atoms with E-state index in [2.05, 4.69) is 21.2 Å². The fourth-order valence-electron chi connectivity index (χ4n) is 2.01. The number of thiocarbonyl (C=S) groups is 1. The van der Waals surface area contributed by atoms with Crippen LogP contribution < -0.4 is 10.1 Å². The standard InChI is InChI=1S/C12H14BrNO3S2/c1-12(6-7-19(15,16)8-12)14-11(18)17-10-5-3-2-4-9(10)13/h2-5H,6-8H2,1H3,(H,14,18). The number of para-hydroxylation sites is 1. The molecule has 2 rings (SSSR count). The number of nitrogens with one attached hydrogen (secondary N) is 1. The van der Waals surface area contributed by atoms with Crippen LogP contribution in [0.15, 0.2) is 28.7 Å². The predicted molar refractivity (Wildman–Crippen MR) is 82.2 cm³/mol. The number of rotatable bonds is 2. The minimum atomic E-state index is -2.97. The van der Waals surface area contributed by atoms with Crippen LogP contribution in [0.1, 0.15) is 13.3 Å². The van der Waals surface area contributed by atoms with E-state index in [4.69, 9.17) is 17.0 Å². The Hall–Kier alpha value is -0.660. The summed E-state index contributed by atoms with van der Waals surface area (Å²) in [5.41, 5.74) is -0.544. The maximum Gasteiger partial charge on any atom is 0.262 e. The lowest BCUT2D eigenvalue weighted by atomic mass is 10.0. The molecule has 104 valence electrons. The van der Waals surface area contributed by atoms with Crippen LogP contribution in [-0.2, 0) is 9.84 Å². The molecule has 0 spiro atoms. The van der Waals surface area contributed by atoms with E-state index in [0.717, 1.165) is 4.47 Å². The van der Waals surface area contributed by atoms with Gasteiger partial charge in [0.1, 0.15) is 5.75 Å². The van der Waals surface area contributed by atoms with Crippen molar-refractivity contribution in [3.8, 4) is 5.75 Å². The molecule has 7 heteroatoms. The van der Waals surface area contributed by atoms with Crippen molar-refractivity contribution in [2.75, 3.05) is 11.5 Å². The first kappa shape index (κ1) is 14.7. The lowest BCUT2D eigenvalue weighted by molar-refractivity contribution is 0.424. The third-order valence-electron chi connectivity index (χ3n) is 2.95. The summed E-state index contributed by atoms with van der Waals surface area (Å²) in [7, 11) is -2.97. The van der Waals surface area contributed by atoms with E-state index in [1.165, 1.54) is 0 Å². The predicted octanol–water partition coefficient (Wildman–Crippen LogP) is 2.28. The smallest absolute Gasteiger partial charge is 0.262 e. The Bertz CT molecular complexity index is 603. The maximum atomic E-state index is 11.5. The van der Waals surface area contributed by atoms with Crippen LogP contribution in [0.4, 0.5) is 0 Å². The highest BCUT2D eigenvalue weighted by Crippen LogP contribution is 2.26. The van der Waals surface area contributed by atoms with E-state index in [1.54, 1.807) is 6.07 Å². The van der Waals surface area contributed by atoms with Crippen LogP contribution in [0.25, 0.3) is 0 Å². The van der Waals surface area contributed by atoms with E-state index in [9.17, 15) is 8.42 Å². The molecule has 1 aliphatic rings. The molecule has 1 heterocycles. The molecule has 0 aromatic heterocycles. The third-order valence-corrected chi connectivity index (χ3v) is 5.69. The Morgan fingerprint density at radius 1 is 1.47 bits per heavy atom. The Kier molecular flexibility index (Phi) is 4.17. The Morgan fingerprint density at radius 2 is 2.16 bits per heavy atom. The minimum absolute atomic E-state index is 0.0828. The van der Waals surface area contributed by atoms with Gasteiger partial charge in [-0.2, -0.15) is 0 Å². The van der Waals surface area contributed by atoms with Crippen molar-refractivity contribution in [3.05, 3.63) is 28.7 Å².